The topological polar surface area (TPSA) is 109 Å². The molecule has 0 bridgehead atoms. The van der Waals surface area contributed by atoms with Crippen LogP contribution in [0, 0.1) is 23.0 Å². The third kappa shape index (κ3) is 3.80. The first-order valence-corrected chi connectivity index (χ1v) is 9.61. The minimum absolute atomic E-state index is 0.305. The Bertz CT molecular complexity index is 1170. The van der Waals surface area contributed by atoms with E-state index in [4.69, 9.17) is 17.3 Å². The average Bonchev–Trinajstić information content (AvgIpc) is 2.92. The lowest BCUT2D eigenvalue weighted by atomic mass is 10.1. The zero-order valence-electron chi connectivity index (χ0n) is 15.1. The van der Waals surface area contributed by atoms with Gasteiger partial charge in [-0.05, 0) is 19.1 Å². The molecule has 0 spiro atoms. The molecule has 0 aliphatic heterocycles. The molecule has 2 N–H and O–H groups in total. The fourth-order valence-corrected chi connectivity index (χ4v) is 4.62. The van der Waals surface area contributed by atoms with E-state index < -0.39 is 66.6 Å². The van der Waals surface area contributed by atoms with Gasteiger partial charge in [-0.25, -0.2) is 17.2 Å². The van der Waals surface area contributed by atoms with E-state index in [1.54, 1.807) is 0 Å². The predicted molar refractivity (Wildman–Crippen MR) is 95.2 cm³/mol. The fourth-order valence-electron chi connectivity index (χ4n) is 2.65. The lowest BCUT2D eigenvalue weighted by Gasteiger charge is -2.32. The van der Waals surface area contributed by atoms with Gasteiger partial charge in [-0.1, -0.05) is 11.6 Å². The molecule has 1 amide bonds. The number of nitrogens with two attached hydrogens (primary N) is 1. The van der Waals surface area contributed by atoms with Crippen LogP contribution in [-0.2, 0) is 17.1 Å². The molecule has 0 unspecified atom stereocenters. The summed E-state index contributed by atoms with van der Waals surface area (Å²) in [4.78, 5) is 10.1. The Labute approximate surface area is 172 Å². The maximum Gasteiger partial charge on any atom is 0.409 e. The van der Waals surface area contributed by atoms with Gasteiger partial charge in [-0.15, -0.1) is 0 Å². The number of carbonyl (C=O) groups excluding carboxylic acids is 1. The highest BCUT2D eigenvalue weighted by molar-refractivity contribution is 7.92. The van der Waals surface area contributed by atoms with Crippen molar-refractivity contribution in [1.29, 1.82) is 5.26 Å². The SMILES string of the molecule is C[C@@H](N(c1ccc(F)c(Cl)c1C#N)S(=O)(=O)c1cn(C)c(C(N)=O)c1F)C(F)(F)F. The van der Waals surface area contributed by atoms with E-state index in [1.807, 2.05) is 0 Å². The van der Waals surface area contributed by atoms with Gasteiger partial charge >= 0.3 is 6.18 Å². The summed E-state index contributed by atoms with van der Waals surface area (Å²) in [5.74, 6) is -4.23. The second-order valence-electron chi connectivity index (χ2n) is 6.02. The summed E-state index contributed by atoms with van der Waals surface area (Å²) in [6, 6.07) is -0.332. The number of aryl methyl sites for hydroxylation is 1. The van der Waals surface area contributed by atoms with Gasteiger partial charge in [0.25, 0.3) is 15.9 Å². The number of halogens is 6. The van der Waals surface area contributed by atoms with Gasteiger partial charge in [0.2, 0.25) is 0 Å². The summed E-state index contributed by atoms with van der Waals surface area (Å²) >= 11 is 5.62. The van der Waals surface area contributed by atoms with Gasteiger partial charge in [-0.2, -0.15) is 18.4 Å². The van der Waals surface area contributed by atoms with E-state index in [9.17, 15) is 40.4 Å². The van der Waals surface area contributed by atoms with Crippen LogP contribution < -0.4 is 10.0 Å². The molecule has 2 rings (SSSR count). The van der Waals surface area contributed by atoms with E-state index in [0.717, 1.165) is 7.05 Å². The van der Waals surface area contributed by atoms with E-state index in [0.29, 0.717) is 29.8 Å². The molecule has 0 saturated heterocycles. The Morgan fingerprint density at radius 3 is 2.33 bits per heavy atom. The van der Waals surface area contributed by atoms with E-state index in [-0.39, 0.29) is 4.31 Å². The minimum atomic E-state index is -5.39. The van der Waals surface area contributed by atoms with Crippen molar-refractivity contribution < 1.29 is 35.2 Å². The van der Waals surface area contributed by atoms with Crippen molar-refractivity contribution >= 4 is 33.2 Å². The zero-order valence-corrected chi connectivity index (χ0v) is 16.7. The number of sulfonamides is 1. The number of benzene rings is 1. The Morgan fingerprint density at radius 2 is 1.90 bits per heavy atom. The highest BCUT2D eigenvalue weighted by atomic mass is 35.5. The molecule has 162 valence electrons. The third-order valence-corrected chi connectivity index (χ3v) is 6.35. The van der Waals surface area contributed by atoms with Gasteiger partial charge < -0.3 is 10.3 Å². The second kappa shape index (κ2) is 7.77. The average molecular weight is 471 g/mol. The molecule has 2 aromatic rings. The lowest BCUT2D eigenvalue weighted by Crippen LogP contribution is -2.47. The number of carbonyl (C=O) groups is 1. The fraction of sp³-hybridized carbons (Fsp3) is 0.250. The van der Waals surface area contributed by atoms with Crippen LogP contribution in [0.25, 0.3) is 0 Å². The molecule has 7 nitrogen and oxygen atoms in total. The Morgan fingerprint density at radius 1 is 1.33 bits per heavy atom. The summed E-state index contributed by atoms with van der Waals surface area (Å²) < 4.78 is 95.3. The molecule has 0 aliphatic rings. The molecular weight excluding hydrogens is 459 g/mol. The number of aromatic nitrogens is 1. The lowest BCUT2D eigenvalue weighted by molar-refractivity contribution is -0.141. The molecule has 0 radical (unpaired) electrons. The van der Waals surface area contributed by atoms with Crippen LogP contribution in [-0.4, -0.2) is 31.1 Å². The molecule has 0 fully saturated rings. The maximum absolute atomic E-state index is 14.6. The number of nitrogens with zero attached hydrogens (tertiary/aromatic N) is 3. The molecule has 1 aromatic heterocycles. The molecule has 1 atom stereocenters. The largest absolute Gasteiger partial charge is 0.409 e. The first-order chi connectivity index (χ1) is 13.7. The zero-order chi connectivity index (χ0) is 23.2. The number of alkyl halides is 3. The number of hydrogen-bond acceptors (Lipinski definition) is 4. The van der Waals surface area contributed by atoms with Gasteiger partial charge in [-0.3, -0.25) is 9.10 Å². The third-order valence-electron chi connectivity index (χ3n) is 4.11. The van der Waals surface area contributed by atoms with Crippen molar-refractivity contribution in [1.82, 2.24) is 4.57 Å². The van der Waals surface area contributed by atoms with Crippen LogP contribution in [0.4, 0.5) is 27.6 Å². The summed E-state index contributed by atoms with van der Waals surface area (Å²) in [5.41, 5.74) is 2.24. The molecule has 30 heavy (non-hydrogen) atoms. The quantitative estimate of drug-likeness (QED) is 0.677. The first kappa shape index (κ1) is 23.4. The van der Waals surface area contributed by atoms with Gasteiger partial charge in [0.05, 0.1) is 16.3 Å². The number of rotatable bonds is 5. The standard InChI is InChI=1S/C16H12ClF5N4O3S/c1-7(16(20,21)22)26(10-4-3-9(18)12(17)8(10)5-23)30(28,29)11-6-25(2)14(13(11)19)15(24)27/h3-4,6-7H,1-2H3,(H2,24,27)/t7-/m1/s1. The molecule has 0 aliphatic carbocycles. The summed E-state index contributed by atoms with van der Waals surface area (Å²) in [7, 11) is -4.34. The molecular formula is C16H12ClF5N4O3S. The van der Waals surface area contributed by atoms with E-state index in [1.165, 1.54) is 6.07 Å². The van der Waals surface area contributed by atoms with E-state index >= 15 is 0 Å². The van der Waals surface area contributed by atoms with Gasteiger partial charge in [0.1, 0.15) is 28.5 Å². The van der Waals surface area contributed by atoms with Crippen molar-refractivity contribution in [2.75, 3.05) is 4.31 Å². The number of anilines is 1. The first-order valence-electron chi connectivity index (χ1n) is 7.80. The van der Waals surface area contributed by atoms with Crippen molar-refractivity contribution in [3.63, 3.8) is 0 Å². The maximum atomic E-state index is 14.6. The van der Waals surface area contributed by atoms with Crippen molar-refractivity contribution in [3.05, 3.63) is 46.2 Å². The van der Waals surface area contributed by atoms with Gasteiger partial charge in [0, 0.05) is 13.2 Å². The molecule has 1 heterocycles. The number of hydrogen-bond donors (Lipinski definition) is 1. The predicted octanol–water partition coefficient (Wildman–Crippen LogP) is 3.07. The number of nitriles is 1. The van der Waals surface area contributed by atoms with E-state index in [2.05, 4.69) is 0 Å². The Hall–Kier alpha value is -2.85. The van der Waals surface area contributed by atoms with Crippen LogP contribution in [0.3, 0.4) is 0 Å². The van der Waals surface area contributed by atoms with Crippen molar-refractivity contribution in [2.45, 2.75) is 24.0 Å². The molecule has 14 heteroatoms. The van der Waals surface area contributed by atoms with Crippen molar-refractivity contribution in [2.24, 2.45) is 12.8 Å². The normalized spacial score (nSPS) is 13.0. The van der Waals surface area contributed by atoms with Crippen LogP contribution in [0.2, 0.25) is 5.02 Å². The van der Waals surface area contributed by atoms with Crippen molar-refractivity contribution in [3.8, 4) is 6.07 Å². The van der Waals surface area contributed by atoms with Gasteiger partial charge in [0.15, 0.2) is 5.82 Å². The summed E-state index contributed by atoms with van der Waals surface area (Å²) in [5, 5.41) is 8.31. The van der Waals surface area contributed by atoms with Crippen LogP contribution in [0.1, 0.15) is 23.0 Å². The monoisotopic (exact) mass is 470 g/mol. The summed E-state index contributed by atoms with van der Waals surface area (Å²) in [6.45, 7) is 0.436. The Kier molecular flexibility index (Phi) is 6.07. The molecule has 1 aromatic carbocycles. The summed E-state index contributed by atoms with van der Waals surface area (Å²) in [6.07, 6.45) is -4.63. The minimum Gasteiger partial charge on any atom is -0.364 e. The number of amides is 1. The van der Waals surface area contributed by atoms with Crippen LogP contribution in [0.5, 0.6) is 0 Å². The molecule has 0 saturated carbocycles. The highest BCUT2D eigenvalue weighted by Gasteiger charge is 2.47. The van der Waals surface area contributed by atoms with Crippen LogP contribution in [0.15, 0.2) is 23.2 Å². The Balaban J connectivity index is 2.91. The van der Waals surface area contributed by atoms with Crippen LogP contribution >= 0.6 is 11.6 Å². The second-order valence-corrected chi connectivity index (χ2v) is 8.18. The number of primary amides is 1. The highest BCUT2D eigenvalue weighted by Crippen LogP contribution is 2.39. The smallest absolute Gasteiger partial charge is 0.364 e.